The van der Waals surface area contributed by atoms with E-state index in [0.29, 0.717) is 5.75 Å². The molecular weight excluding hydrogens is 243 g/mol. The van der Waals surface area contributed by atoms with Crippen LogP contribution in [0.1, 0.15) is 0 Å². The van der Waals surface area contributed by atoms with E-state index in [1.165, 1.54) is 18.2 Å². The second-order valence-corrected chi connectivity index (χ2v) is 3.86. The van der Waals surface area contributed by atoms with Crippen LogP contribution in [0.4, 0.5) is 4.39 Å². The maximum Gasteiger partial charge on any atom is 0.417 e. The van der Waals surface area contributed by atoms with Gasteiger partial charge in [-0.1, -0.05) is 30.3 Å². The van der Waals surface area contributed by atoms with Crippen LogP contribution in [0.25, 0.3) is 0 Å². The lowest BCUT2D eigenvalue weighted by molar-refractivity contribution is 0.443. The fraction of sp³-hybridized carbons (Fsp3) is 0. The Labute approximate surface area is 101 Å². The zero-order valence-electron chi connectivity index (χ0n) is 8.71. The number of para-hydroxylation sites is 2. The molecule has 0 aromatic heterocycles. The Bertz CT molecular complexity index is 516. The number of benzene rings is 2. The average molecular weight is 252 g/mol. The summed E-state index contributed by atoms with van der Waals surface area (Å²) in [4.78, 5) is 0. The van der Waals surface area contributed by atoms with Crippen molar-refractivity contribution < 1.29 is 17.0 Å². The lowest BCUT2D eigenvalue weighted by atomic mass is 10.3. The Morgan fingerprint density at radius 2 is 1.53 bits per heavy atom. The van der Waals surface area contributed by atoms with Gasteiger partial charge in [-0.3, -0.25) is 0 Å². The lowest BCUT2D eigenvalue weighted by Gasteiger charge is -2.05. The van der Waals surface area contributed by atoms with Gasteiger partial charge in [-0.15, -0.1) is 0 Å². The first-order chi connectivity index (χ1) is 8.25. The van der Waals surface area contributed by atoms with E-state index in [4.69, 9.17) is 8.37 Å². The van der Waals surface area contributed by atoms with E-state index in [1.807, 2.05) is 0 Å². The zero-order chi connectivity index (χ0) is 12.1. The van der Waals surface area contributed by atoms with Gasteiger partial charge in [0.2, 0.25) is 0 Å². The highest BCUT2D eigenvalue weighted by atomic mass is 32.2. The molecule has 0 amide bonds. The van der Waals surface area contributed by atoms with Gasteiger partial charge < -0.3 is 8.37 Å². The third kappa shape index (κ3) is 3.29. The summed E-state index contributed by atoms with van der Waals surface area (Å²) in [6.45, 7) is 0. The van der Waals surface area contributed by atoms with Crippen LogP contribution in [-0.4, -0.2) is 4.21 Å². The van der Waals surface area contributed by atoms with Gasteiger partial charge in [0.1, 0.15) is 5.75 Å². The minimum absolute atomic E-state index is 0.109. The SMILES string of the molecule is O=S(Oc1ccccc1)Oc1ccccc1F. The van der Waals surface area contributed by atoms with Crippen molar-refractivity contribution in [3.63, 3.8) is 0 Å². The highest BCUT2D eigenvalue weighted by Gasteiger charge is 2.09. The topological polar surface area (TPSA) is 35.5 Å². The molecule has 2 aromatic rings. The van der Waals surface area contributed by atoms with Crippen LogP contribution in [0.15, 0.2) is 54.6 Å². The summed E-state index contributed by atoms with van der Waals surface area (Å²) >= 11 is -2.07. The van der Waals surface area contributed by atoms with Gasteiger partial charge >= 0.3 is 11.4 Å². The van der Waals surface area contributed by atoms with E-state index >= 15 is 0 Å². The molecule has 0 radical (unpaired) electrons. The van der Waals surface area contributed by atoms with Crippen LogP contribution in [0.3, 0.4) is 0 Å². The third-order valence-electron chi connectivity index (χ3n) is 1.90. The van der Waals surface area contributed by atoms with Gasteiger partial charge in [0, 0.05) is 0 Å². The maximum absolute atomic E-state index is 13.2. The van der Waals surface area contributed by atoms with Crippen molar-refractivity contribution >= 4 is 11.4 Å². The molecule has 17 heavy (non-hydrogen) atoms. The summed E-state index contributed by atoms with van der Waals surface area (Å²) in [5.74, 6) is -0.304. The van der Waals surface area contributed by atoms with Gasteiger partial charge in [-0.25, -0.2) is 4.39 Å². The monoisotopic (exact) mass is 252 g/mol. The van der Waals surface area contributed by atoms with Gasteiger partial charge in [0.15, 0.2) is 11.6 Å². The Kier molecular flexibility index (Phi) is 3.72. The Hall–Kier alpha value is -1.88. The summed E-state index contributed by atoms with van der Waals surface area (Å²) in [5, 5.41) is 0. The van der Waals surface area contributed by atoms with Crippen molar-refractivity contribution in [2.75, 3.05) is 0 Å². The number of rotatable bonds is 4. The molecule has 0 N–H and O–H groups in total. The molecule has 1 unspecified atom stereocenters. The first-order valence-corrected chi connectivity index (χ1v) is 5.84. The summed E-state index contributed by atoms with van der Waals surface area (Å²) < 4.78 is 34.4. The molecular formula is C12H9FO3S. The number of hydrogen-bond donors (Lipinski definition) is 0. The van der Waals surface area contributed by atoms with Gasteiger partial charge in [-0.2, -0.15) is 4.21 Å². The Morgan fingerprint density at radius 3 is 2.24 bits per heavy atom. The van der Waals surface area contributed by atoms with Crippen molar-refractivity contribution in [2.45, 2.75) is 0 Å². The largest absolute Gasteiger partial charge is 0.417 e. The van der Waals surface area contributed by atoms with Crippen molar-refractivity contribution in [1.29, 1.82) is 0 Å². The van der Waals surface area contributed by atoms with Gasteiger partial charge in [-0.05, 0) is 24.3 Å². The predicted octanol–water partition coefficient (Wildman–Crippen LogP) is 2.86. The van der Waals surface area contributed by atoms with Crippen LogP contribution in [0.2, 0.25) is 0 Å². The van der Waals surface area contributed by atoms with Crippen molar-refractivity contribution in [3.8, 4) is 11.5 Å². The van der Waals surface area contributed by atoms with Crippen molar-refractivity contribution in [1.82, 2.24) is 0 Å². The minimum atomic E-state index is -2.07. The molecule has 0 saturated carbocycles. The van der Waals surface area contributed by atoms with E-state index in [2.05, 4.69) is 0 Å². The summed E-state index contributed by atoms with van der Waals surface area (Å²) in [6.07, 6.45) is 0. The first kappa shape index (κ1) is 11.6. The molecule has 2 aromatic carbocycles. The molecule has 0 aliphatic rings. The molecule has 0 aliphatic heterocycles. The van der Waals surface area contributed by atoms with Crippen molar-refractivity contribution in [2.24, 2.45) is 0 Å². The van der Waals surface area contributed by atoms with Crippen LogP contribution >= 0.6 is 0 Å². The summed E-state index contributed by atoms with van der Waals surface area (Å²) in [5.41, 5.74) is 0. The quantitative estimate of drug-likeness (QED) is 0.839. The number of hydrogen-bond acceptors (Lipinski definition) is 3. The molecule has 0 spiro atoms. The first-order valence-electron chi connectivity index (χ1n) is 4.84. The molecule has 0 aliphatic carbocycles. The van der Waals surface area contributed by atoms with Crippen LogP contribution in [-0.2, 0) is 11.4 Å². The Balaban J connectivity index is 2.01. The fourth-order valence-electron chi connectivity index (χ4n) is 1.16. The molecule has 88 valence electrons. The average Bonchev–Trinajstić information content (AvgIpc) is 2.33. The smallest absolute Gasteiger partial charge is 0.371 e. The second kappa shape index (κ2) is 5.45. The van der Waals surface area contributed by atoms with Crippen molar-refractivity contribution in [3.05, 3.63) is 60.4 Å². The van der Waals surface area contributed by atoms with Crippen LogP contribution in [0.5, 0.6) is 11.5 Å². The molecule has 0 bridgehead atoms. The molecule has 2 rings (SSSR count). The minimum Gasteiger partial charge on any atom is -0.371 e. The fourth-order valence-corrected chi connectivity index (χ4v) is 1.74. The molecule has 0 saturated heterocycles. The van der Waals surface area contributed by atoms with Crippen LogP contribution < -0.4 is 8.37 Å². The van der Waals surface area contributed by atoms with E-state index in [0.717, 1.165) is 0 Å². The molecule has 5 heteroatoms. The molecule has 0 heterocycles. The second-order valence-electron chi connectivity index (χ2n) is 3.11. The van der Waals surface area contributed by atoms with E-state index in [9.17, 15) is 8.60 Å². The highest BCUT2D eigenvalue weighted by molar-refractivity contribution is 7.75. The summed E-state index contributed by atoms with van der Waals surface area (Å²) in [7, 11) is 0. The number of halogens is 1. The molecule has 1 atom stereocenters. The zero-order valence-corrected chi connectivity index (χ0v) is 9.52. The van der Waals surface area contributed by atoms with Crippen LogP contribution in [0, 0.1) is 5.82 Å². The molecule has 3 nitrogen and oxygen atoms in total. The Morgan fingerprint density at radius 1 is 0.882 bits per heavy atom. The molecule has 0 fully saturated rings. The lowest BCUT2D eigenvalue weighted by Crippen LogP contribution is -2.08. The van der Waals surface area contributed by atoms with Gasteiger partial charge in [0.25, 0.3) is 0 Å². The van der Waals surface area contributed by atoms with E-state index < -0.39 is 17.2 Å². The predicted molar refractivity (Wildman–Crippen MR) is 62.2 cm³/mol. The summed E-state index contributed by atoms with van der Waals surface area (Å²) in [6, 6.07) is 14.2. The maximum atomic E-state index is 13.2. The van der Waals surface area contributed by atoms with E-state index in [1.54, 1.807) is 36.4 Å². The van der Waals surface area contributed by atoms with Gasteiger partial charge in [0.05, 0.1) is 0 Å². The third-order valence-corrected chi connectivity index (χ3v) is 2.55. The highest BCUT2D eigenvalue weighted by Crippen LogP contribution is 2.18. The standard InChI is InChI=1S/C12H9FO3S/c13-11-8-4-5-9-12(11)16-17(14)15-10-6-2-1-3-7-10/h1-9H. The van der Waals surface area contributed by atoms with E-state index in [-0.39, 0.29) is 5.75 Å². The normalized spacial score (nSPS) is 11.8.